The van der Waals surface area contributed by atoms with E-state index in [2.05, 4.69) is 16.2 Å². The Hall–Kier alpha value is -0.790. The molecule has 0 unspecified atom stereocenters. The van der Waals surface area contributed by atoms with E-state index in [4.69, 9.17) is 0 Å². The summed E-state index contributed by atoms with van der Waals surface area (Å²) in [7, 11) is 0. The van der Waals surface area contributed by atoms with E-state index in [0.717, 1.165) is 18.2 Å². The fourth-order valence-corrected chi connectivity index (χ4v) is 2.03. The highest BCUT2D eigenvalue weighted by Gasteiger charge is 2.14. The topological polar surface area (TPSA) is 28.7 Å². The van der Waals surface area contributed by atoms with Crippen molar-refractivity contribution in [1.29, 1.82) is 0 Å². The molecule has 0 saturated heterocycles. The van der Waals surface area contributed by atoms with Gasteiger partial charge in [-0.25, -0.2) is 4.98 Å². The second-order valence-electron chi connectivity index (χ2n) is 3.68. The first-order chi connectivity index (χ1) is 5.95. The summed E-state index contributed by atoms with van der Waals surface area (Å²) in [6.07, 6.45) is 12.8. The van der Waals surface area contributed by atoms with Crippen molar-refractivity contribution < 1.29 is 0 Å². The summed E-state index contributed by atoms with van der Waals surface area (Å²) >= 11 is 0. The van der Waals surface area contributed by atoms with Crippen molar-refractivity contribution in [2.45, 2.75) is 38.5 Å². The molecule has 1 N–H and O–H groups in total. The van der Waals surface area contributed by atoms with Crippen molar-refractivity contribution in [3.8, 4) is 0 Å². The molecule has 65 valence electrons. The summed E-state index contributed by atoms with van der Waals surface area (Å²) in [4.78, 5) is 7.25. The zero-order valence-electron chi connectivity index (χ0n) is 7.34. The lowest BCUT2D eigenvalue weighted by Gasteiger charge is -2.20. The maximum absolute atomic E-state index is 4.13. The van der Waals surface area contributed by atoms with Crippen molar-refractivity contribution in [3.05, 3.63) is 18.2 Å². The highest BCUT2D eigenvalue weighted by molar-refractivity contribution is 4.88. The zero-order valence-corrected chi connectivity index (χ0v) is 7.34. The number of hydrogen-bond acceptors (Lipinski definition) is 1. The van der Waals surface area contributed by atoms with Crippen molar-refractivity contribution >= 4 is 0 Å². The van der Waals surface area contributed by atoms with E-state index in [1.54, 1.807) is 6.20 Å². The third-order valence-electron chi connectivity index (χ3n) is 2.71. The van der Waals surface area contributed by atoms with Crippen LogP contribution in [0.1, 0.15) is 37.9 Å². The molecular formula is C10H15N2. The van der Waals surface area contributed by atoms with Crippen LogP contribution in [0.4, 0.5) is 0 Å². The Labute approximate surface area is 73.4 Å². The van der Waals surface area contributed by atoms with Gasteiger partial charge in [0.15, 0.2) is 0 Å². The summed E-state index contributed by atoms with van der Waals surface area (Å²) in [5, 5.41) is 0. The Bertz CT molecular complexity index is 210. The molecule has 0 aliphatic heterocycles. The number of aromatic amines is 1. The smallest absolute Gasteiger partial charge is 0.108 e. The predicted molar refractivity (Wildman–Crippen MR) is 47.7 cm³/mol. The van der Waals surface area contributed by atoms with Crippen molar-refractivity contribution in [2.75, 3.05) is 0 Å². The van der Waals surface area contributed by atoms with Crippen LogP contribution < -0.4 is 0 Å². The second-order valence-corrected chi connectivity index (χ2v) is 3.68. The molecule has 12 heavy (non-hydrogen) atoms. The zero-order chi connectivity index (χ0) is 8.23. The van der Waals surface area contributed by atoms with Gasteiger partial charge in [-0.1, -0.05) is 32.1 Å². The molecule has 1 aliphatic carbocycles. The van der Waals surface area contributed by atoms with E-state index in [0.29, 0.717) is 0 Å². The van der Waals surface area contributed by atoms with Gasteiger partial charge in [0.25, 0.3) is 0 Å². The highest BCUT2D eigenvalue weighted by atomic mass is 14.9. The van der Waals surface area contributed by atoms with Gasteiger partial charge in [-0.2, -0.15) is 0 Å². The molecule has 0 spiro atoms. The highest BCUT2D eigenvalue weighted by Crippen LogP contribution is 2.25. The normalized spacial score (nSPS) is 19.7. The lowest BCUT2D eigenvalue weighted by atomic mass is 9.87. The first-order valence-corrected chi connectivity index (χ1v) is 4.85. The van der Waals surface area contributed by atoms with E-state index < -0.39 is 0 Å². The monoisotopic (exact) mass is 163 g/mol. The van der Waals surface area contributed by atoms with Crippen LogP contribution in [0.2, 0.25) is 0 Å². The molecule has 1 radical (unpaired) electrons. The summed E-state index contributed by atoms with van der Waals surface area (Å²) in [6.45, 7) is 0. The first kappa shape index (κ1) is 7.84. The van der Waals surface area contributed by atoms with Crippen LogP contribution in [-0.4, -0.2) is 9.97 Å². The second kappa shape index (κ2) is 3.74. The average molecular weight is 163 g/mol. The van der Waals surface area contributed by atoms with Crippen molar-refractivity contribution in [2.24, 2.45) is 5.92 Å². The summed E-state index contributed by atoms with van der Waals surface area (Å²) in [6, 6.07) is 0. The molecule has 1 heterocycles. The molecule has 2 nitrogen and oxygen atoms in total. The van der Waals surface area contributed by atoms with Crippen molar-refractivity contribution in [3.63, 3.8) is 0 Å². The number of aromatic nitrogens is 2. The lowest BCUT2D eigenvalue weighted by Crippen LogP contribution is -2.09. The summed E-state index contributed by atoms with van der Waals surface area (Å²) in [5.74, 6) is 1.99. The van der Waals surface area contributed by atoms with Gasteiger partial charge in [-0.15, -0.1) is 0 Å². The molecule has 0 amide bonds. The molecular weight excluding hydrogens is 148 g/mol. The SMILES string of the molecule is [c]1c[nH]c(CC2CCCCC2)n1. The minimum atomic E-state index is 0.873. The van der Waals surface area contributed by atoms with E-state index in [9.17, 15) is 0 Å². The van der Waals surface area contributed by atoms with Gasteiger partial charge in [-0.05, 0) is 5.92 Å². The van der Waals surface area contributed by atoms with Crippen LogP contribution >= 0.6 is 0 Å². The summed E-state index contributed by atoms with van der Waals surface area (Å²) in [5.41, 5.74) is 0. The molecule has 1 fully saturated rings. The molecule has 1 aromatic rings. The maximum Gasteiger partial charge on any atom is 0.108 e. The number of imidazole rings is 1. The minimum absolute atomic E-state index is 0.873. The van der Waals surface area contributed by atoms with Crippen molar-refractivity contribution in [1.82, 2.24) is 9.97 Å². The van der Waals surface area contributed by atoms with E-state index >= 15 is 0 Å². The van der Waals surface area contributed by atoms with Gasteiger partial charge in [0.1, 0.15) is 12.0 Å². The van der Waals surface area contributed by atoms with Crippen LogP contribution in [0.15, 0.2) is 6.20 Å². The number of nitrogens with zero attached hydrogens (tertiary/aromatic N) is 1. The average Bonchev–Trinajstić information content (AvgIpc) is 2.59. The third kappa shape index (κ3) is 1.87. The number of H-pyrrole nitrogens is 1. The molecule has 0 aromatic carbocycles. The molecule has 0 bridgehead atoms. The number of hydrogen-bond donors (Lipinski definition) is 1. The van der Waals surface area contributed by atoms with Crippen LogP contribution in [-0.2, 0) is 6.42 Å². The maximum atomic E-state index is 4.13. The van der Waals surface area contributed by atoms with Gasteiger partial charge in [0.05, 0.1) is 0 Å². The third-order valence-corrected chi connectivity index (χ3v) is 2.71. The van der Waals surface area contributed by atoms with Gasteiger partial charge in [0.2, 0.25) is 0 Å². The van der Waals surface area contributed by atoms with E-state index in [1.165, 1.54) is 32.1 Å². The molecule has 1 aromatic heterocycles. The van der Waals surface area contributed by atoms with Gasteiger partial charge >= 0.3 is 0 Å². The molecule has 0 atom stereocenters. The van der Waals surface area contributed by atoms with Crippen LogP contribution in [0, 0.1) is 12.1 Å². The van der Waals surface area contributed by atoms with E-state index in [1.807, 2.05) is 0 Å². The van der Waals surface area contributed by atoms with Gasteiger partial charge in [-0.3, -0.25) is 0 Å². The fraction of sp³-hybridized carbons (Fsp3) is 0.700. The standard InChI is InChI=1S/C10H15N2/c1-2-4-9(5-3-1)8-10-11-6-7-12-10/h6,9H,1-5,8H2,(H,11,12). The Morgan fingerprint density at radius 2 is 2.25 bits per heavy atom. The van der Waals surface area contributed by atoms with Crippen LogP contribution in [0.5, 0.6) is 0 Å². The van der Waals surface area contributed by atoms with Crippen LogP contribution in [0.3, 0.4) is 0 Å². The minimum Gasteiger partial charge on any atom is -0.348 e. The largest absolute Gasteiger partial charge is 0.348 e. The Morgan fingerprint density at radius 3 is 2.92 bits per heavy atom. The molecule has 1 aliphatic rings. The lowest BCUT2D eigenvalue weighted by molar-refractivity contribution is 0.352. The summed E-state index contributed by atoms with van der Waals surface area (Å²) < 4.78 is 0. The molecule has 2 heteroatoms. The van der Waals surface area contributed by atoms with Gasteiger partial charge < -0.3 is 4.98 Å². The molecule has 1 saturated carbocycles. The Morgan fingerprint density at radius 1 is 1.42 bits per heavy atom. The predicted octanol–water partition coefficient (Wildman–Crippen LogP) is 2.33. The van der Waals surface area contributed by atoms with Gasteiger partial charge in [0, 0.05) is 12.6 Å². The number of rotatable bonds is 2. The number of nitrogens with one attached hydrogen (secondary N) is 1. The Balaban J connectivity index is 1.86. The first-order valence-electron chi connectivity index (χ1n) is 4.85. The molecule has 2 rings (SSSR count). The quantitative estimate of drug-likeness (QED) is 0.712. The fourth-order valence-electron chi connectivity index (χ4n) is 2.03. The van der Waals surface area contributed by atoms with Crippen LogP contribution in [0.25, 0.3) is 0 Å². The van der Waals surface area contributed by atoms with E-state index in [-0.39, 0.29) is 0 Å². The Kier molecular flexibility index (Phi) is 2.45.